The van der Waals surface area contributed by atoms with Crippen LogP contribution in [0.25, 0.3) is 0 Å². The maximum atomic E-state index is 11.4. The van der Waals surface area contributed by atoms with E-state index in [-0.39, 0.29) is 5.91 Å². The number of carbonyl (C=O) groups excluding carboxylic acids is 1. The minimum Gasteiger partial charge on any atom is -0.481 e. The lowest BCUT2D eigenvalue weighted by molar-refractivity contribution is -0.117. The Kier molecular flexibility index (Phi) is 4.05. The molecular weight excluding hydrogens is 194 g/mol. The second kappa shape index (κ2) is 5.31. The average molecular weight is 209 g/mol. The number of nitrogens with one attached hydrogen (secondary N) is 1. The average Bonchev–Trinajstić information content (AvgIpc) is 2.29. The summed E-state index contributed by atoms with van der Waals surface area (Å²) in [4.78, 5) is 15.4. The third kappa shape index (κ3) is 3.21. The first-order valence-corrected chi connectivity index (χ1v) is 4.74. The Labute approximate surface area is 88.6 Å². The smallest absolute Gasteiger partial charge is 0.241 e. The monoisotopic (exact) mass is 209 g/mol. The molecule has 0 aliphatic rings. The maximum absolute atomic E-state index is 11.4. The van der Waals surface area contributed by atoms with Gasteiger partial charge in [-0.1, -0.05) is 6.92 Å². The van der Waals surface area contributed by atoms with Crippen LogP contribution in [-0.2, 0) is 4.79 Å². The lowest BCUT2D eigenvalue weighted by Crippen LogP contribution is -2.34. The van der Waals surface area contributed by atoms with Gasteiger partial charge in [0.05, 0.1) is 25.0 Å². The van der Waals surface area contributed by atoms with Gasteiger partial charge >= 0.3 is 0 Å². The fraction of sp³-hybridized carbons (Fsp3) is 0.400. The van der Waals surface area contributed by atoms with E-state index < -0.39 is 6.04 Å². The number of carbonyl (C=O) groups is 1. The number of hydrogen-bond acceptors (Lipinski definition) is 4. The highest BCUT2D eigenvalue weighted by Gasteiger charge is 2.10. The highest BCUT2D eigenvalue weighted by molar-refractivity contribution is 5.94. The van der Waals surface area contributed by atoms with Crippen molar-refractivity contribution in [3.63, 3.8) is 0 Å². The molecule has 1 aromatic rings. The lowest BCUT2D eigenvalue weighted by atomic mass is 10.2. The van der Waals surface area contributed by atoms with Crippen molar-refractivity contribution in [1.29, 1.82) is 0 Å². The van der Waals surface area contributed by atoms with E-state index in [4.69, 9.17) is 10.5 Å². The van der Waals surface area contributed by atoms with Gasteiger partial charge in [0, 0.05) is 6.07 Å². The molecule has 0 spiro atoms. The van der Waals surface area contributed by atoms with Crippen LogP contribution in [0.1, 0.15) is 13.3 Å². The summed E-state index contributed by atoms with van der Waals surface area (Å²) in [5.41, 5.74) is 6.18. The summed E-state index contributed by atoms with van der Waals surface area (Å²) in [5, 5.41) is 2.66. The van der Waals surface area contributed by atoms with Crippen molar-refractivity contribution in [1.82, 2.24) is 4.98 Å². The summed E-state index contributed by atoms with van der Waals surface area (Å²) in [6.07, 6.45) is 2.13. The SMILES string of the molecule is CCC(N)C(=O)Nc1ccc(OC)nc1. The van der Waals surface area contributed by atoms with Crippen LogP contribution in [0.2, 0.25) is 0 Å². The zero-order valence-electron chi connectivity index (χ0n) is 8.86. The molecule has 5 heteroatoms. The Morgan fingerprint density at radius 2 is 2.40 bits per heavy atom. The Bertz CT molecular complexity index is 324. The molecule has 0 fully saturated rings. The topological polar surface area (TPSA) is 77.2 Å². The summed E-state index contributed by atoms with van der Waals surface area (Å²) in [6.45, 7) is 1.86. The van der Waals surface area contributed by atoms with Gasteiger partial charge < -0.3 is 15.8 Å². The Hall–Kier alpha value is -1.62. The van der Waals surface area contributed by atoms with E-state index in [2.05, 4.69) is 10.3 Å². The van der Waals surface area contributed by atoms with Crippen LogP contribution in [0, 0.1) is 0 Å². The van der Waals surface area contributed by atoms with E-state index in [1.54, 1.807) is 12.1 Å². The highest BCUT2D eigenvalue weighted by atomic mass is 16.5. The number of rotatable bonds is 4. The molecule has 1 amide bonds. The van der Waals surface area contributed by atoms with Crippen LogP contribution in [-0.4, -0.2) is 24.0 Å². The Balaban J connectivity index is 2.61. The minimum absolute atomic E-state index is 0.204. The zero-order chi connectivity index (χ0) is 11.3. The van der Waals surface area contributed by atoms with Crippen molar-refractivity contribution in [2.45, 2.75) is 19.4 Å². The van der Waals surface area contributed by atoms with Crippen LogP contribution < -0.4 is 15.8 Å². The fourth-order valence-electron chi connectivity index (χ4n) is 0.995. The van der Waals surface area contributed by atoms with E-state index in [0.717, 1.165) is 0 Å². The van der Waals surface area contributed by atoms with Crippen molar-refractivity contribution in [2.24, 2.45) is 5.73 Å². The predicted octanol–water partition coefficient (Wildman–Crippen LogP) is 0.766. The normalized spacial score (nSPS) is 11.9. The number of ether oxygens (including phenoxy) is 1. The molecule has 1 rings (SSSR count). The van der Waals surface area contributed by atoms with Gasteiger partial charge in [0.25, 0.3) is 0 Å². The molecule has 5 nitrogen and oxygen atoms in total. The van der Waals surface area contributed by atoms with Gasteiger partial charge in [0.1, 0.15) is 0 Å². The van der Waals surface area contributed by atoms with Crippen molar-refractivity contribution >= 4 is 11.6 Å². The van der Waals surface area contributed by atoms with Gasteiger partial charge in [-0.3, -0.25) is 4.79 Å². The lowest BCUT2D eigenvalue weighted by Gasteiger charge is -2.09. The summed E-state index contributed by atoms with van der Waals surface area (Å²) >= 11 is 0. The molecule has 0 bridgehead atoms. The molecule has 0 aliphatic carbocycles. The van der Waals surface area contributed by atoms with Crippen LogP contribution >= 0.6 is 0 Å². The minimum atomic E-state index is -0.480. The van der Waals surface area contributed by atoms with E-state index in [1.807, 2.05) is 6.92 Å². The molecule has 1 atom stereocenters. The molecule has 82 valence electrons. The standard InChI is InChI=1S/C10H15N3O2/c1-3-8(11)10(14)13-7-4-5-9(15-2)12-6-7/h4-6,8H,3,11H2,1-2H3,(H,13,14). The molecule has 0 radical (unpaired) electrons. The van der Waals surface area contributed by atoms with E-state index in [9.17, 15) is 4.79 Å². The maximum Gasteiger partial charge on any atom is 0.241 e. The van der Waals surface area contributed by atoms with Crippen molar-refractivity contribution < 1.29 is 9.53 Å². The second-order valence-electron chi connectivity index (χ2n) is 3.09. The number of amides is 1. The number of methoxy groups -OCH3 is 1. The number of anilines is 1. The zero-order valence-corrected chi connectivity index (χ0v) is 8.86. The number of nitrogens with zero attached hydrogens (tertiary/aromatic N) is 1. The molecule has 0 aromatic carbocycles. The van der Waals surface area contributed by atoms with Gasteiger partial charge in [-0.25, -0.2) is 4.98 Å². The first-order chi connectivity index (χ1) is 7.17. The molecule has 1 aromatic heterocycles. The van der Waals surface area contributed by atoms with Crippen LogP contribution in [0.4, 0.5) is 5.69 Å². The van der Waals surface area contributed by atoms with Crippen LogP contribution in [0.5, 0.6) is 5.88 Å². The second-order valence-corrected chi connectivity index (χ2v) is 3.09. The molecule has 0 saturated heterocycles. The van der Waals surface area contributed by atoms with E-state index >= 15 is 0 Å². The number of aromatic nitrogens is 1. The number of hydrogen-bond donors (Lipinski definition) is 2. The molecule has 3 N–H and O–H groups in total. The molecule has 0 saturated carbocycles. The van der Waals surface area contributed by atoms with Gasteiger partial charge in [-0.15, -0.1) is 0 Å². The number of nitrogens with two attached hydrogens (primary N) is 1. The van der Waals surface area contributed by atoms with Gasteiger partial charge in [-0.05, 0) is 12.5 Å². The quantitative estimate of drug-likeness (QED) is 0.767. The predicted molar refractivity (Wildman–Crippen MR) is 57.7 cm³/mol. The fourth-order valence-corrected chi connectivity index (χ4v) is 0.995. The van der Waals surface area contributed by atoms with Crippen LogP contribution in [0.15, 0.2) is 18.3 Å². The first kappa shape index (κ1) is 11.5. The van der Waals surface area contributed by atoms with E-state index in [1.165, 1.54) is 13.3 Å². The summed E-state index contributed by atoms with van der Waals surface area (Å²) in [5.74, 6) is 0.303. The Morgan fingerprint density at radius 1 is 1.67 bits per heavy atom. The summed E-state index contributed by atoms with van der Waals surface area (Å²) in [6, 6.07) is 2.91. The largest absolute Gasteiger partial charge is 0.481 e. The molecule has 0 aliphatic heterocycles. The number of pyridine rings is 1. The molecule has 15 heavy (non-hydrogen) atoms. The van der Waals surface area contributed by atoms with Crippen LogP contribution in [0.3, 0.4) is 0 Å². The highest BCUT2D eigenvalue weighted by Crippen LogP contribution is 2.11. The Morgan fingerprint density at radius 3 is 2.87 bits per heavy atom. The molecular formula is C10H15N3O2. The third-order valence-electron chi connectivity index (χ3n) is 1.99. The molecule has 1 heterocycles. The molecule has 1 unspecified atom stereocenters. The summed E-state index contributed by atoms with van der Waals surface area (Å²) < 4.78 is 4.89. The van der Waals surface area contributed by atoms with E-state index in [0.29, 0.717) is 18.0 Å². The summed E-state index contributed by atoms with van der Waals surface area (Å²) in [7, 11) is 1.54. The van der Waals surface area contributed by atoms with Gasteiger partial charge in [-0.2, -0.15) is 0 Å². The van der Waals surface area contributed by atoms with Gasteiger partial charge in [0.15, 0.2) is 0 Å². The van der Waals surface area contributed by atoms with Crippen molar-refractivity contribution in [3.05, 3.63) is 18.3 Å². The first-order valence-electron chi connectivity index (χ1n) is 4.74. The van der Waals surface area contributed by atoms with Gasteiger partial charge in [0.2, 0.25) is 11.8 Å². The van der Waals surface area contributed by atoms with Crippen molar-refractivity contribution in [3.8, 4) is 5.88 Å². The third-order valence-corrected chi connectivity index (χ3v) is 1.99. The van der Waals surface area contributed by atoms with Crippen molar-refractivity contribution in [2.75, 3.05) is 12.4 Å².